The van der Waals surface area contributed by atoms with Crippen LogP contribution in [-0.4, -0.2) is 18.9 Å². The third-order valence-corrected chi connectivity index (χ3v) is 4.67. The van der Waals surface area contributed by atoms with E-state index >= 15 is 0 Å². The molecule has 26 heavy (non-hydrogen) atoms. The summed E-state index contributed by atoms with van der Waals surface area (Å²) in [6, 6.07) is 13.6. The fourth-order valence-electron chi connectivity index (χ4n) is 3.33. The lowest BCUT2D eigenvalue weighted by molar-refractivity contribution is 0.681. The molecule has 5 heteroatoms. The van der Waals surface area contributed by atoms with E-state index in [1.165, 1.54) is 0 Å². The number of aromatic nitrogens is 4. The zero-order valence-electron chi connectivity index (χ0n) is 15.1. The predicted octanol–water partition coefficient (Wildman–Crippen LogP) is 3.74. The molecule has 0 unspecified atom stereocenters. The van der Waals surface area contributed by atoms with Gasteiger partial charge in [-0.25, -0.2) is 9.97 Å². The van der Waals surface area contributed by atoms with E-state index in [2.05, 4.69) is 17.6 Å². The van der Waals surface area contributed by atoms with E-state index in [0.717, 1.165) is 47.4 Å². The molecule has 3 aromatic heterocycles. The van der Waals surface area contributed by atoms with Crippen LogP contribution in [0.5, 0.6) is 0 Å². The second-order valence-electron chi connectivity index (χ2n) is 6.73. The molecule has 0 saturated heterocycles. The highest BCUT2D eigenvalue weighted by molar-refractivity contribution is 5.76. The molecule has 0 fully saturated rings. The molecule has 0 aliphatic rings. The zero-order chi connectivity index (χ0) is 18.1. The van der Waals surface area contributed by atoms with E-state index in [-0.39, 0.29) is 5.56 Å². The first-order chi connectivity index (χ1) is 12.7. The lowest BCUT2D eigenvalue weighted by Crippen LogP contribution is -2.17. The monoisotopic (exact) mass is 346 g/mol. The Labute approximate surface area is 152 Å². The highest BCUT2D eigenvalue weighted by Crippen LogP contribution is 2.19. The van der Waals surface area contributed by atoms with Gasteiger partial charge >= 0.3 is 0 Å². The highest BCUT2D eigenvalue weighted by atomic mass is 16.1. The lowest BCUT2D eigenvalue weighted by Gasteiger charge is -2.10. The van der Waals surface area contributed by atoms with Gasteiger partial charge in [-0.1, -0.05) is 31.5 Å². The van der Waals surface area contributed by atoms with Crippen LogP contribution in [0.4, 0.5) is 0 Å². The summed E-state index contributed by atoms with van der Waals surface area (Å²) >= 11 is 0. The first kappa shape index (κ1) is 16.5. The minimum absolute atomic E-state index is 0.0479. The van der Waals surface area contributed by atoms with E-state index in [1.807, 2.05) is 43.5 Å². The van der Waals surface area contributed by atoms with E-state index in [9.17, 15) is 4.79 Å². The molecule has 3 heterocycles. The molecule has 0 aliphatic carbocycles. The topological polar surface area (TPSA) is 52.2 Å². The molecular weight excluding hydrogens is 324 g/mol. The summed E-state index contributed by atoms with van der Waals surface area (Å²) < 4.78 is 3.79. The Kier molecular flexibility index (Phi) is 4.29. The highest BCUT2D eigenvalue weighted by Gasteiger charge is 2.12. The Morgan fingerprint density at radius 1 is 1.08 bits per heavy atom. The van der Waals surface area contributed by atoms with Crippen molar-refractivity contribution in [2.45, 2.75) is 39.7 Å². The third-order valence-electron chi connectivity index (χ3n) is 4.67. The number of nitrogens with zero attached hydrogens (tertiary/aromatic N) is 4. The molecule has 0 atom stereocenters. The van der Waals surface area contributed by atoms with Crippen LogP contribution < -0.4 is 5.56 Å². The Balaban J connectivity index is 1.80. The molecule has 0 radical (unpaired) electrons. The average molecular weight is 346 g/mol. The van der Waals surface area contributed by atoms with E-state index in [4.69, 9.17) is 9.97 Å². The van der Waals surface area contributed by atoms with Crippen molar-refractivity contribution in [1.82, 2.24) is 18.9 Å². The van der Waals surface area contributed by atoms with Crippen LogP contribution >= 0.6 is 0 Å². The molecule has 0 aliphatic heterocycles. The predicted molar refractivity (Wildman–Crippen MR) is 104 cm³/mol. The van der Waals surface area contributed by atoms with Crippen molar-refractivity contribution in [2.75, 3.05) is 0 Å². The maximum Gasteiger partial charge on any atom is 0.258 e. The van der Waals surface area contributed by atoms with Crippen molar-refractivity contribution < 1.29 is 0 Å². The Morgan fingerprint density at radius 2 is 1.92 bits per heavy atom. The molecule has 5 nitrogen and oxygen atoms in total. The normalized spacial score (nSPS) is 11.5. The standard InChI is InChI=1S/C21H22N4O/c1-3-4-9-19-23-17-7-5-6-8-18(17)24(19)14-16-12-21(26)25-13-15(2)10-11-20(25)22-16/h5-8,10-13H,3-4,9,14H2,1-2H3. The van der Waals surface area contributed by atoms with Crippen LogP contribution in [0.25, 0.3) is 16.7 Å². The number of unbranched alkanes of at least 4 members (excludes halogenated alkanes) is 1. The fourth-order valence-corrected chi connectivity index (χ4v) is 3.33. The van der Waals surface area contributed by atoms with Crippen molar-refractivity contribution in [3.63, 3.8) is 0 Å². The minimum Gasteiger partial charge on any atom is -0.322 e. The number of hydrogen-bond acceptors (Lipinski definition) is 3. The van der Waals surface area contributed by atoms with Gasteiger partial charge in [0.2, 0.25) is 0 Å². The van der Waals surface area contributed by atoms with Gasteiger partial charge in [-0.2, -0.15) is 0 Å². The molecule has 4 rings (SSSR count). The molecule has 132 valence electrons. The van der Waals surface area contributed by atoms with Crippen LogP contribution in [0.2, 0.25) is 0 Å². The number of hydrogen-bond donors (Lipinski definition) is 0. The third kappa shape index (κ3) is 3.01. The van der Waals surface area contributed by atoms with Crippen molar-refractivity contribution >= 4 is 16.7 Å². The van der Waals surface area contributed by atoms with Gasteiger partial charge in [-0.15, -0.1) is 0 Å². The van der Waals surface area contributed by atoms with Gasteiger partial charge in [-0.05, 0) is 37.1 Å². The minimum atomic E-state index is -0.0479. The average Bonchev–Trinajstić information content (AvgIpc) is 2.98. The molecule has 0 spiro atoms. The number of imidazole rings is 1. The van der Waals surface area contributed by atoms with Crippen LogP contribution in [0.1, 0.15) is 36.8 Å². The van der Waals surface area contributed by atoms with Gasteiger partial charge in [0.25, 0.3) is 5.56 Å². The second-order valence-corrected chi connectivity index (χ2v) is 6.73. The number of para-hydroxylation sites is 2. The van der Waals surface area contributed by atoms with Crippen LogP contribution in [0.15, 0.2) is 53.5 Å². The van der Waals surface area contributed by atoms with Crippen LogP contribution in [-0.2, 0) is 13.0 Å². The maximum atomic E-state index is 12.5. The molecule has 0 bridgehead atoms. The van der Waals surface area contributed by atoms with Crippen molar-refractivity contribution in [3.8, 4) is 0 Å². The summed E-state index contributed by atoms with van der Waals surface area (Å²) in [5.41, 5.74) is 4.51. The zero-order valence-corrected chi connectivity index (χ0v) is 15.1. The van der Waals surface area contributed by atoms with Crippen molar-refractivity contribution in [2.24, 2.45) is 0 Å². The molecule has 1 aromatic carbocycles. The fraction of sp³-hybridized carbons (Fsp3) is 0.286. The molecule has 0 N–H and O–H groups in total. The van der Waals surface area contributed by atoms with E-state index in [1.54, 1.807) is 10.5 Å². The summed E-state index contributed by atoms with van der Waals surface area (Å²) in [6.45, 7) is 4.71. The molecular formula is C21H22N4O. The number of aryl methyl sites for hydroxylation is 2. The summed E-state index contributed by atoms with van der Waals surface area (Å²) in [5.74, 6) is 1.05. The number of benzene rings is 1. The smallest absolute Gasteiger partial charge is 0.258 e. The lowest BCUT2D eigenvalue weighted by atomic mass is 10.2. The van der Waals surface area contributed by atoms with Gasteiger partial charge in [0.15, 0.2) is 0 Å². The molecule has 0 saturated carbocycles. The summed E-state index contributed by atoms with van der Waals surface area (Å²) in [5, 5.41) is 0. The molecule has 4 aromatic rings. The Hall–Kier alpha value is -2.95. The largest absolute Gasteiger partial charge is 0.322 e. The maximum absolute atomic E-state index is 12.5. The van der Waals surface area contributed by atoms with Gasteiger partial charge < -0.3 is 4.57 Å². The number of fused-ring (bicyclic) bond motifs is 2. The first-order valence-corrected chi connectivity index (χ1v) is 9.09. The summed E-state index contributed by atoms with van der Waals surface area (Å²) in [6.07, 6.45) is 4.97. The number of rotatable bonds is 5. The van der Waals surface area contributed by atoms with Crippen molar-refractivity contribution in [1.29, 1.82) is 0 Å². The van der Waals surface area contributed by atoms with Gasteiger partial charge in [-0.3, -0.25) is 9.20 Å². The Morgan fingerprint density at radius 3 is 2.77 bits per heavy atom. The number of pyridine rings is 1. The van der Waals surface area contributed by atoms with Crippen molar-refractivity contribution in [3.05, 3.63) is 76.1 Å². The quantitative estimate of drug-likeness (QED) is 0.553. The van der Waals surface area contributed by atoms with Gasteiger partial charge in [0.05, 0.1) is 23.3 Å². The van der Waals surface area contributed by atoms with E-state index in [0.29, 0.717) is 12.2 Å². The van der Waals surface area contributed by atoms with E-state index < -0.39 is 0 Å². The van der Waals surface area contributed by atoms with Gasteiger partial charge in [0.1, 0.15) is 11.5 Å². The second kappa shape index (κ2) is 6.75. The first-order valence-electron chi connectivity index (χ1n) is 9.09. The Bertz CT molecular complexity index is 1140. The summed E-state index contributed by atoms with van der Waals surface area (Å²) in [4.78, 5) is 22.0. The van der Waals surface area contributed by atoms with Crippen LogP contribution in [0, 0.1) is 6.92 Å². The van der Waals surface area contributed by atoms with Gasteiger partial charge in [0, 0.05) is 18.7 Å². The molecule has 0 amide bonds. The summed E-state index contributed by atoms with van der Waals surface area (Å²) in [7, 11) is 0. The van der Waals surface area contributed by atoms with Crippen LogP contribution in [0.3, 0.4) is 0 Å². The SMILES string of the molecule is CCCCc1nc2ccccc2n1Cc1cc(=O)n2cc(C)ccc2n1.